The predicted octanol–water partition coefficient (Wildman–Crippen LogP) is -0.602. The molecule has 1 N–H and O–H groups in total. The third-order valence-electron chi connectivity index (χ3n) is 3.09. The van der Waals surface area contributed by atoms with Gasteiger partial charge in [-0.05, 0) is 20.5 Å². The molecule has 2 aliphatic heterocycles. The van der Waals surface area contributed by atoms with E-state index >= 15 is 0 Å². The van der Waals surface area contributed by atoms with Gasteiger partial charge in [0.2, 0.25) is 5.76 Å². The van der Waals surface area contributed by atoms with Crippen LogP contribution in [0.2, 0.25) is 0 Å². The second-order valence-electron chi connectivity index (χ2n) is 4.96. The number of carbonyl (C=O) groups excluding carboxylic acids is 1. The summed E-state index contributed by atoms with van der Waals surface area (Å²) in [6.45, 7) is 1.96. The lowest BCUT2D eigenvalue weighted by Gasteiger charge is -2.28. The Morgan fingerprint density at radius 1 is 1.56 bits per heavy atom. The van der Waals surface area contributed by atoms with Crippen LogP contribution in [0.5, 0.6) is 0 Å². The van der Waals surface area contributed by atoms with Crippen molar-refractivity contribution < 1.29 is 19.4 Å². The van der Waals surface area contributed by atoms with E-state index < -0.39 is 6.10 Å². The van der Waals surface area contributed by atoms with Crippen LogP contribution in [0.25, 0.3) is 0 Å². The second-order valence-corrected chi connectivity index (χ2v) is 4.96. The van der Waals surface area contributed by atoms with E-state index in [-0.39, 0.29) is 17.7 Å². The quantitative estimate of drug-likeness (QED) is 0.730. The average molecular weight is 256 g/mol. The molecule has 1 amide bonds. The zero-order valence-electron chi connectivity index (χ0n) is 10.8. The molecule has 6 nitrogen and oxygen atoms in total. The Hall–Kier alpha value is -1.27. The van der Waals surface area contributed by atoms with E-state index in [0.717, 1.165) is 6.54 Å². The molecule has 0 aliphatic carbocycles. The minimum atomic E-state index is -0.455. The smallest absolute Gasteiger partial charge is 0.292 e. The van der Waals surface area contributed by atoms with Gasteiger partial charge in [0, 0.05) is 19.1 Å². The van der Waals surface area contributed by atoms with Gasteiger partial charge in [0.05, 0.1) is 6.10 Å². The number of hydrogen-bond acceptors (Lipinski definition) is 5. The molecule has 2 unspecified atom stereocenters. The Labute approximate surface area is 107 Å². The molecular formula is C12H20N2O4. The molecule has 2 atom stereocenters. The van der Waals surface area contributed by atoms with E-state index in [4.69, 9.17) is 9.47 Å². The van der Waals surface area contributed by atoms with Crippen molar-refractivity contribution in [2.75, 3.05) is 40.4 Å². The third-order valence-corrected chi connectivity index (χ3v) is 3.09. The third kappa shape index (κ3) is 2.94. The summed E-state index contributed by atoms with van der Waals surface area (Å²) in [6.07, 6.45) is 1.52. The van der Waals surface area contributed by atoms with E-state index in [0.29, 0.717) is 26.2 Å². The van der Waals surface area contributed by atoms with E-state index in [1.807, 2.05) is 19.0 Å². The van der Waals surface area contributed by atoms with E-state index in [1.165, 1.54) is 6.26 Å². The van der Waals surface area contributed by atoms with Gasteiger partial charge < -0.3 is 24.4 Å². The zero-order valence-corrected chi connectivity index (χ0v) is 10.8. The van der Waals surface area contributed by atoms with Crippen molar-refractivity contribution >= 4 is 5.91 Å². The highest BCUT2D eigenvalue weighted by Gasteiger charge is 2.36. The second kappa shape index (κ2) is 5.58. The first-order valence-corrected chi connectivity index (χ1v) is 6.16. The first kappa shape index (κ1) is 13.2. The summed E-state index contributed by atoms with van der Waals surface area (Å²) in [4.78, 5) is 15.9. The van der Waals surface area contributed by atoms with Crippen molar-refractivity contribution in [1.29, 1.82) is 0 Å². The summed E-state index contributed by atoms with van der Waals surface area (Å²) in [5.74, 6) is 0.0391. The predicted molar refractivity (Wildman–Crippen MR) is 64.7 cm³/mol. The van der Waals surface area contributed by atoms with Crippen LogP contribution < -0.4 is 0 Å². The molecule has 1 fully saturated rings. The summed E-state index contributed by atoms with van der Waals surface area (Å²) in [5, 5.41) is 9.73. The summed E-state index contributed by atoms with van der Waals surface area (Å²) < 4.78 is 10.4. The highest BCUT2D eigenvalue weighted by Crippen LogP contribution is 2.21. The summed E-state index contributed by atoms with van der Waals surface area (Å²) in [5.41, 5.74) is 0. The normalized spacial score (nSPS) is 27.8. The van der Waals surface area contributed by atoms with Gasteiger partial charge in [0.25, 0.3) is 5.91 Å². The number of likely N-dealkylation sites (N-methyl/N-ethyl adjacent to an activating group) is 1. The van der Waals surface area contributed by atoms with E-state index in [1.54, 1.807) is 4.90 Å². The number of ether oxygens (including phenoxy) is 2. The van der Waals surface area contributed by atoms with E-state index in [2.05, 4.69) is 0 Å². The van der Waals surface area contributed by atoms with Crippen molar-refractivity contribution in [3.63, 3.8) is 0 Å². The van der Waals surface area contributed by atoms with Gasteiger partial charge in [-0.25, -0.2) is 0 Å². The number of rotatable bonds is 3. The van der Waals surface area contributed by atoms with Crippen molar-refractivity contribution in [2.24, 2.45) is 0 Å². The van der Waals surface area contributed by atoms with Gasteiger partial charge in [0.1, 0.15) is 19.5 Å². The molecule has 1 saturated heterocycles. The minimum absolute atomic E-state index is 0.0222. The van der Waals surface area contributed by atoms with Crippen LogP contribution in [0.4, 0.5) is 0 Å². The van der Waals surface area contributed by atoms with E-state index in [9.17, 15) is 9.90 Å². The van der Waals surface area contributed by atoms with Crippen LogP contribution in [0, 0.1) is 0 Å². The van der Waals surface area contributed by atoms with Crippen LogP contribution in [0.15, 0.2) is 12.0 Å². The summed E-state index contributed by atoms with van der Waals surface area (Å²) in [7, 11) is 3.90. The molecule has 0 aromatic carbocycles. The number of β-amino-alcohol motifs (C(OH)–C–C–N with tert-alkyl or cyclic N) is 1. The van der Waals surface area contributed by atoms with Crippen molar-refractivity contribution in [2.45, 2.75) is 18.6 Å². The monoisotopic (exact) mass is 256 g/mol. The number of aliphatic hydroxyl groups is 1. The van der Waals surface area contributed by atoms with Crippen molar-refractivity contribution in [3.8, 4) is 0 Å². The van der Waals surface area contributed by atoms with Crippen LogP contribution in [-0.2, 0) is 14.3 Å². The number of amides is 1. The fourth-order valence-corrected chi connectivity index (χ4v) is 2.36. The maximum Gasteiger partial charge on any atom is 0.292 e. The Kier molecular flexibility index (Phi) is 4.08. The minimum Gasteiger partial charge on any atom is -0.494 e. The highest BCUT2D eigenvalue weighted by molar-refractivity contribution is 5.91. The van der Waals surface area contributed by atoms with Crippen molar-refractivity contribution in [3.05, 3.63) is 12.0 Å². The van der Waals surface area contributed by atoms with Gasteiger partial charge in [-0.3, -0.25) is 4.79 Å². The molecule has 6 heteroatoms. The molecule has 2 rings (SSSR count). The van der Waals surface area contributed by atoms with Crippen LogP contribution in [0.1, 0.15) is 6.42 Å². The molecular weight excluding hydrogens is 236 g/mol. The lowest BCUT2D eigenvalue weighted by molar-refractivity contribution is -0.133. The number of nitrogens with zero attached hydrogens (tertiary/aromatic N) is 2. The molecule has 0 saturated carbocycles. The summed E-state index contributed by atoms with van der Waals surface area (Å²) in [6, 6.07) is 0.0222. The molecule has 0 bridgehead atoms. The van der Waals surface area contributed by atoms with Crippen LogP contribution in [0.3, 0.4) is 0 Å². The molecule has 0 aromatic rings. The number of carbonyl (C=O) groups is 1. The average Bonchev–Trinajstić information content (AvgIpc) is 2.69. The first-order valence-electron chi connectivity index (χ1n) is 6.16. The molecule has 0 aromatic heterocycles. The van der Waals surface area contributed by atoms with Crippen LogP contribution in [-0.4, -0.2) is 73.4 Å². The molecule has 0 radical (unpaired) electrons. The molecule has 2 aliphatic rings. The molecule has 102 valence electrons. The standard InChI is InChI=1S/C12H20N2O4/c1-13(2)6-9-5-10(15)7-14(9)12(16)11-8-17-3-4-18-11/h8-10,15H,3-7H2,1-2H3. The number of likely N-dealkylation sites (tertiary alicyclic amines) is 1. The number of hydrogen-bond donors (Lipinski definition) is 1. The lowest BCUT2D eigenvalue weighted by atomic mass is 10.2. The maximum absolute atomic E-state index is 12.3. The largest absolute Gasteiger partial charge is 0.494 e. The van der Waals surface area contributed by atoms with Gasteiger partial charge in [-0.2, -0.15) is 0 Å². The Bertz CT molecular complexity index is 343. The van der Waals surface area contributed by atoms with Gasteiger partial charge in [-0.15, -0.1) is 0 Å². The lowest BCUT2D eigenvalue weighted by Crippen LogP contribution is -2.42. The fourth-order valence-electron chi connectivity index (χ4n) is 2.36. The Balaban J connectivity index is 2.05. The van der Waals surface area contributed by atoms with Crippen molar-refractivity contribution in [1.82, 2.24) is 9.80 Å². The molecule has 2 heterocycles. The molecule has 0 spiro atoms. The van der Waals surface area contributed by atoms with Gasteiger partial charge in [-0.1, -0.05) is 0 Å². The Morgan fingerprint density at radius 3 is 2.94 bits per heavy atom. The van der Waals surface area contributed by atoms with Crippen LogP contribution >= 0.6 is 0 Å². The topological polar surface area (TPSA) is 62.2 Å². The molecule has 18 heavy (non-hydrogen) atoms. The number of aliphatic hydroxyl groups excluding tert-OH is 1. The highest BCUT2D eigenvalue weighted by atomic mass is 16.6. The van der Waals surface area contributed by atoms with Gasteiger partial charge in [0.15, 0.2) is 0 Å². The maximum atomic E-state index is 12.3. The first-order chi connectivity index (χ1) is 8.58. The SMILES string of the molecule is CN(C)CC1CC(O)CN1C(=O)C1=COCCO1. The zero-order chi connectivity index (χ0) is 13.1. The van der Waals surface area contributed by atoms with Gasteiger partial charge >= 0.3 is 0 Å². The summed E-state index contributed by atoms with van der Waals surface area (Å²) >= 11 is 0. The Morgan fingerprint density at radius 2 is 2.33 bits per heavy atom. The fraction of sp³-hybridized carbons (Fsp3) is 0.750.